The Morgan fingerprint density at radius 2 is 2.00 bits per heavy atom. The van der Waals surface area contributed by atoms with Gasteiger partial charge in [-0.3, -0.25) is 4.79 Å². The van der Waals surface area contributed by atoms with Gasteiger partial charge >= 0.3 is 5.97 Å². The molecule has 0 radical (unpaired) electrons. The van der Waals surface area contributed by atoms with E-state index < -0.39 is 11.4 Å². The van der Waals surface area contributed by atoms with Crippen LogP contribution in [0.15, 0.2) is 12.1 Å². The minimum Gasteiger partial charge on any atom is -0.495 e. The second-order valence-corrected chi connectivity index (χ2v) is 5.38. The van der Waals surface area contributed by atoms with Gasteiger partial charge in [-0.05, 0) is 49.9 Å². The first-order valence-corrected chi connectivity index (χ1v) is 6.28. The average molecular weight is 271 g/mol. The smallest absolute Gasteiger partial charge is 0.309 e. The maximum atomic E-state index is 11.2. The Morgan fingerprint density at radius 1 is 1.39 bits per heavy atom. The Hall–Kier alpha value is -1.22. The molecule has 0 saturated heterocycles. The van der Waals surface area contributed by atoms with Crippen LogP contribution in [0.1, 0.15) is 31.9 Å². The lowest BCUT2D eigenvalue weighted by Gasteiger charge is -2.21. The molecule has 0 fully saturated rings. The molecule has 1 N–H and O–H groups in total. The van der Waals surface area contributed by atoms with E-state index in [4.69, 9.17) is 16.3 Å². The molecule has 0 aliphatic rings. The highest BCUT2D eigenvalue weighted by Crippen LogP contribution is 2.32. The van der Waals surface area contributed by atoms with E-state index in [1.807, 2.05) is 19.1 Å². The molecular formula is C14H19ClO3. The van der Waals surface area contributed by atoms with Crippen LogP contribution in [0.25, 0.3) is 0 Å². The van der Waals surface area contributed by atoms with Crippen molar-refractivity contribution in [2.45, 2.75) is 33.6 Å². The van der Waals surface area contributed by atoms with Gasteiger partial charge in [0, 0.05) is 0 Å². The number of rotatable bonds is 5. The summed E-state index contributed by atoms with van der Waals surface area (Å²) in [5, 5.41) is 9.70. The van der Waals surface area contributed by atoms with Gasteiger partial charge in [-0.1, -0.05) is 18.5 Å². The van der Waals surface area contributed by atoms with Crippen LogP contribution < -0.4 is 4.74 Å². The van der Waals surface area contributed by atoms with Gasteiger partial charge in [0.2, 0.25) is 0 Å². The summed E-state index contributed by atoms with van der Waals surface area (Å²) >= 11 is 6.09. The van der Waals surface area contributed by atoms with Gasteiger partial charge in [0.05, 0.1) is 17.5 Å². The molecule has 0 aliphatic carbocycles. The van der Waals surface area contributed by atoms with E-state index in [0.29, 0.717) is 17.2 Å². The molecule has 0 heterocycles. The number of carbonyl (C=O) groups is 1. The summed E-state index contributed by atoms with van der Waals surface area (Å²) in [7, 11) is 1.57. The Bertz CT molecular complexity index is 453. The van der Waals surface area contributed by atoms with E-state index in [9.17, 15) is 9.90 Å². The summed E-state index contributed by atoms with van der Waals surface area (Å²) in [4.78, 5) is 11.2. The van der Waals surface area contributed by atoms with E-state index in [2.05, 4.69) is 0 Å². The number of hydrogen-bond acceptors (Lipinski definition) is 2. The first kappa shape index (κ1) is 14.8. The van der Waals surface area contributed by atoms with E-state index in [1.54, 1.807) is 21.0 Å². The highest BCUT2D eigenvalue weighted by molar-refractivity contribution is 6.32. The third kappa shape index (κ3) is 3.16. The third-order valence-electron chi connectivity index (χ3n) is 3.07. The molecular weight excluding hydrogens is 252 g/mol. The molecule has 0 aromatic heterocycles. The summed E-state index contributed by atoms with van der Waals surface area (Å²) in [6.45, 7) is 5.46. The second-order valence-electron chi connectivity index (χ2n) is 4.97. The lowest BCUT2D eigenvalue weighted by atomic mass is 9.84. The number of aryl methyl sites for hydroxylation is 1. The topological polar surface area (TPSA) is 46.5 Å². The van der Waals surface area contributed by atoms with Crippen molar-refractivity contribution >= 4 is 17.6 Å². The molecule has 18 heavy (non-hydrogen) atoms. The quantitative estimate of drug-likeness (QED) is 0.890. The summed E-state index contributed by atoms with van der Waals surface area (Å²) < 4.78 is 5.17. The summed E-state index contributed by atoms with van der Waals surface area (Å²) in [5.41, 5.74) is 1.24. The van der Waals surface area contributed by atoms with Crippen molar-refractivity contribution in [2.24, 2.45) is 5.41 Å². The van der Waals surface area contributed by atoms with Crippen LogP contribution in [0.2, 0.25) is 5.02 Å². The number of benzene rings is 1. The van der Waals surface area contributed by atoms with Crippen LogP contribution in [0.5, 0.6) is 5.75 Å². The molecule has 1 rings (SSSR count). The van der Waals surface area contributed by atoms with Gasteiger partial charge in [0.25, 0.3) is 0 Å². The molecule has 1 aromatic rings. The molecule has 1 aromatic carbocycles. The number of carboxylic acids is 1. The highest BCUT2D eigenvalue weighted by Gasteiger charge is 2.28. The SMILES string of the molecule is CCc1cc(OC)c(Cl)cc1CC(C)(C)C(=O)O. The van der Waals surface area contributed by atoms with E-state index in [-0.39, 0.29) is 0 Å². The Kier molecular flexibility index (Phi) is 4.63. The number of halogens is 1. The molecule has 4 heteroatoms. The lowest BCUT2D eigenvalue weighted by molar-refractivity contribution is -0.146. The summed E-state index contributed by atoms with van der Waals surface area (Å²) in [5.74, 6) is -0.179. The van der Waals surface area contributed by atoms with Gasteiger partial charge in [-0.15, -0.1) is 0 Å². The van der Waals surface area contributed by atoms with E-state index >= 15 is 0 Å². The normalized spacial score (nSPS) is 11.4. The van der Waals surface area contributed by atoms with E-state index in [1.165, 1.54) is 0 Å². The van der Waals surface area contributed by atoms with Gasteiger partial charge < -0.3 is 9.84 Å². The van der Waals surface area contributed by atoms with Crippen LogP contribution in [0.4, 0.5) is 0 Å². The molecule has 0 aliphatic heterocycles. The van der Waals surface area contributed by atoms with Crippen LogP contribution in [0, 0.1) is 5.41 Å². The van der Waals surface area contributed by atoms with E-state index in [0.717, 1.165) is 17.5 Å². The maximum absolute atomic E-state index is 11.2. The van der Waals surface area contributed by atoms with Crippen molar-refractivity contribution in [3.63, 3.8) is 0 Å². The molecule has 0 atom stereocenters. The monoisotopic (exact) mass is 270 g/mol. The molecule has 0 bridgehead atoms. The van der Waals surface area contributed by atoms with Crippen LogP contribution >= 0.6 is 11.6 Å². The second kappa shape index (κ2) is 5.61. The molecule has 0 unspecified atom stereocenters. The van der Waals surface area contributed by atoms with Crippen molar-refractivity contribution in [2.75, 3.05) is 7.11 Å². The van der Waals surface area contributed by atoms with Gasteiger partial charge in [0.1, 0.15) is 5.75 Å². The fraction of sp³-hybridized carbons (Fsp3) is 0.500. The van der Waals surface area contributed by atoms with Crippen LogP contribution in [0.3, 0.4) is 0 Å². The average Bonchev–Trinajstić information content (AvgIpc) is 2.28. The fourth-order valence-electron chi connectivity index (χ4n) is 1.84. The Balaban J connectivity index is 3.16. The molecule has 0 saturated carbocycles. The zero-order chi connectivity index (χ0) is 13.9. The number of carboxylic acid groups (broad SMARTS) is 1. The predicted molar refractivity (Wildman–Crippen MR) is 72.5 cm³/mol. The zero-order valence-electron chi connectivity index (χ0n) is 11.2. The van der Waals surface area contributed by atoms with Gasteiger partial charge in [-0.25, -0.2) is 0 Å². The first-order chi connectivity index (χ1) is 8.31. The molecule has 100 valence electrons. The van der Waals surface area contributed by atoms with Crippen molar-refractivity contribution in [3.8, 4) is 5.75 Å². The first-order valence-electron chi connectivity index (χ1n) is 5.90. The van der Waals surface area contributed by atoms with Crippen molar-refractivity contribution in [1.29, 1.82) is 0 Å². The van der Waals surface area contributed by atoms with Crippen molar-refractivity contribution in [1.82, 2.24) is 0 Å². The summed E-state index contributed by atoms with van der Waals surface area (Å²) in [6.07, 6.45) is 1.27. The summed E-state index contributed by atoms with van der Waals surface area (Å²) in [6, 6.07) is 3.69. The van der Waals surface area contributed by atoms with Gasteiger partial charge in [-0.2, -0.15) is 0 Å². The standard InChI is InChI=1S/C14H19ClO3/c1-5-9-7-12(18-4)11(15)6-10(9)8-14(2,3)13(16)17/h6-7H,5,8H2,1-4H3,(H,16,17). The van der Waals surface area contributed by atoms with Gasteiger partial charge in [0.15, 0.2) is 0 Å². The fourth-order valence-corrected chi connectivity index (χ4v) is 2.10. The van der Waals surface area contributed by atoms with Crippen molar-refractivity contribution < 1.29 is 14.6 Å². The largest absolute Gasteiger partial charge is 0.495 e. The number of methoxy groups -OCH3 is 1. The molecule has 0 amide bonds. The van der Waals surface area contributed by atoms with Crippen LogP contribution in [-0.4, -0.2) is 18.2 Å². The van der Waals surface area contributed by atoms with Crippen LogP contribution in [-0.2, 0) is 17.6 Å². The Labute approximate surface area is 113 Å². The molecule has 3 nitrogen and oxygen atoms in total. The maximum Gasteiger partial charge on any atom is 0.309 e. The highest BCUT2D eigenvalue weighted by atomic mass is 35.5. The third-order valence-corrected chi connectivity index (χ3v) is 3.36. The molecule has 0 spiro atoms. The number of hydrogen-bond donors (Lipinski definition) is 1. The minimum absolute atomic E-state index is 0.454. The Morgan fingerprint density at radius 3 is 2.44 bits per heavy atom. The zero-order valence-corrected chi connectivity index (χ0v) is 12.0. The van der Waals surface area contributed by atoms with Crippen molar-refractivity contribution in [3.05, 3.63) is 28.3 Å². The number of aliphatic carboxylic acids is 1. The minimum atomic E-state index is -0.809. The lowest BCUT2D eigenvalue weighted by Crippen LogP contribution is -2.26. The number of ether oxygens (including phenoxy) is 1. The predicted octanol–water partition coefficient (Wildman–Crippen LogP) is 3.56.